The van der Waals surface area contributed by atoms with Gasteiger partial charge in [0.1, 0.15) is 0 Å². The van der Waals surface area contributed by atoms with E-state index in [1.165, 1.54) is 12.1 Å². The Hall–Kier alpha value is -2.05. The Labute approximate surface area is 138 Å². The zero-order valence-electron chi connectivity index (χ0n) is 13.6. The lowest BCUT2D eigenvalue weighted by atomic mass is 10.0. The molecule has 0 bridgehead atoms. The van der Waals surface area contributed by atoms with Crippen molar-refractivity contribution >= 4 is 11.8 Å². The Morgan fingerprint density at radius 3 is 2.58 bits per heavy atom. The van der Waals surface area contributed by atoms with Crippen LogP contribution in [0, 0.1) is 5.92 Å². The molecule has 1 saturated carbocycles. The molecule has 0 spiro atoms. The third-order valence-corrected chi connectivity index (χ3v) is 4.29. The third kappa shape index (κ3) is 4.49. The molecule has 2 rings (SSSR count). The van der Waals surface area contributed by atoms with E-state index in [0.717, 1.165) is 6.07 Å². The molecular formula is C17H21F3N2O2. The van der Waals surface area contributed by atoms with E-state index < -0.39 is 11.7 Å². The first-order valence-electron chi connectivity index (χ1n) is 7.97. The van der Waals surface area contributed by atoms with Gasteiger partial charge in [-0.05, 0) is 24.5 Å². The van der Waals surface area contributed by atoms with Crippen LogP contribution < -0.4 is 10.6 Å². The normalized spacial score (nSPS) is 21.0. The summed E-state index contributed by atoms with van der Waals surface area (Å²) in [5.41, 5.74) is -0.448. The highest BCUT2D eigenvalue weighted by atomic mass is 19.4. The summed E-state index contributed by atoms with van der Waals surface area (Å²) in [6, 6.07) is 5.10. The van der Waals surface area contributed by atoms with E-state index >= 15 is 0 Å². The van der Waals surface area contributed by atoms with Crippen molar-refractivity contribution in [3.8, 4) is 0 Å². The lowest BCUT2D eigenvalue weighted by Crippen LogP contribution is -2.40. The molecule has 3 atom stereocenters. The number of alkyl halides is 3. The molecule has 2 N–H and O–H groups in total. The second-order valence-electron chi connectivity index (χ2n) is 6.13. The van der Waals surface area contributed by atoms with Gasteiger partial charge in [-0.3, -0.25) is 9.59 Å². The monoisotopic (exact) mass is 342 g/mol. The predicted molar refractivity (Wildman–Crippen MR) is 83.2 cm³/mol. The molecule has 0 heterocycles. The number of carbonyl (C=O) groups is 2. The van der Waals surface area contributed by atoms with Gasteiger partial charge in [-0.25, -0.2) is 0 Å². The van der Waals surface area contributed by atoms with Gasteiger partial charge in [0.15, 0.2) is 0 Å². The first-order valence-corrected chi connectivity index (χ1v) is 7.97. The van der Waals surface area contributed by atoms with Crippen LogP contribution in [0.2, 0.25) is 0 Å². The van der Waals surface area contributed by atoms with Crippen LogP contribution in [-0.4, -0.2) is 24.4 Å². The van der Waals surface area contributed by atoms with Crippen molar-refractivity contribution in [2.45, 2.75) is 44.8 Å². The van der Waals surface area contributed by atoms with Crippen molar-refractivity contribution in [3.63, 3.8) is 0 Å². The van der Waals surface area contributed by atoms with Crippen molar-refractivity contribution in [2.24, 2.45) is 5.92 Å². The van der Waals surface area contributed by atoms with Gasteiger partial charge in [0, 0.05) is 17.9 Å². The van der Waals surface area contributed by atoms with Crippen molar-refractivity contribution in [2.75, 3.05) is 6.54 Å². The molecule has 2 amide bonds. The fourth-order valence-corrected chi connectivity index (χ4v) is 2.56. The zero-order chi connectivity index (χ0) is 17.9. The Bertz CT molecular complexity index is 616. The van der Waals surface area contributed by atoms with Gasteiger partial charge < -0.3 is 10.6 Å². The fourth-order valence-electron chi connectivity index (χ4n) is 2.56. The zero-order valence-corrected chi connectivity index (χ0v) is 13.6. The number of hydrogen-bond donors (Lipinski definition) is 2. The van der Waals surface area contributed by atoms with Gasteiger partial charge in [-0.2, -0.15) is 13.2 Å². The Kier molecular flexibility index (Phi) is 5.51. The van der Waals surface area contributed by atoms with Crippen molar-refractivity contribution < 1.29 is 22.8 Å². The number of carbonyl (C=O) groups excluding carboxylic acids is 2. The first kappa shape index (κ1) is 18.3. The topological polar surface area (TPSA) is 58.2 Å². The molecule has 4 nitrogen and oxygen atoms in total. The van der Waals surface area contributed by atoms with Gasteiger partial charge in [0.2, 0.25) is 11.8 Å². The minimum atomic E-state index is -4.40. The smallest absolute Gasteiger partial charge is 0.351 e. The van der Waals surface area contributed by atoms with Crippen LogP contribution in [0.4, 0.5) is 13.2 Å². The number of halogens is 3. The second-order valence-corrected chi connectivity index (χ2v) is 6.13. The summed E-state index contributed by atoms with van der Waals surface area (Å²) in [5, 5.41) is 5.20. The molecule has 0 saturated heterocycles. The molecule has 1 aromatic rings. The molecule has 0 unspecified atom stereocenters. The van der Waals surface area contributed by atoms with Crippen molar-refractivity contribution in [3.05, 3.63) is 35.4 Å². The van der Waals surface area contributed by atoms with E-state index in [4.69, 9.17) is 0 Å². The maximum atomic E-state index is 13.0. The number of hydrogen-bond acceptors (Lipinski definition) is 2. The maximum absolute atomic E-state index is 13.0. The summed E-state index contributed by atoms with van der Waals surface area (Å²) < 4.78 is 39.0. The highest BCUT2D eigenvalue weighted by Gasteiger charge is 2.44. The van der Waals surface area contributed by atoms with E-state index in [1.54, 1.807) is 13.0 Å². The lowest BCUT2D eigenvalue weighted by Gasteiger charge is -2.13. The minimum absolute atomic E-state index is 0.159. The molecule has 132 valence electrons. The van der Waals surface area contributed by atoms with Crippen LogP contribution in [0.1, 0.15) is 43.7 Å². The van der Waals surface area contributed by atoms with Crippen LogP contribution in [0.25, 0.3) is 0 Å². The van der Waals surface area contributed by atoms with Gasteiger partial charge in [0.05, 0.1) is 12.1 Å². The summed E-state index contributed by atoms with van der Waals surface area (Å²) in [6.07, 6.45) is -3.26. The average Bonchev–Trinajstić information content (AvgIpc) is 3.29. The molecule has 0 aromatic heterocycles. The highest BCUT2D eigenvalue weighted by Crippen LogP contribution is 2.46. The number of benzene rings is 1. The van der Waals surface area contributed by atoms with E-state index in [2.05, 4.69) is 10.6 Å². The van der Waals surface area contributed by atoms with E-state index in [1.807, 2.05) is 6.92 Å². The molecule has 1 aromatic carbocycles. The van der Waals surface area contributed by atoms with E-state index in [-0.39, 0.29) is 41.8 Å². The standard InChI is InChI=1S/C17H21F3N2O2/c1-3-10(2)16(24)21-9-15(23)22-14-8-12(14)11-6-4-5-7-13(11)17(18,19)20/h4-7,10,12,14H,3,8-9H2,1-2H3,(H,21,24)(H,22,23)/t10-,12+,14-/m0/s1. The summed E-state index contributed by atoms with van der Waals surface area (Å²) in [5.74, 6) is -1.10. The highest BCUT2D eigenvalue weighted by molar-refractivity contribution is 5.86. The van der Waals surface area contributed by atoms with E-state index in [9.17, 15) is 22.8 Å². The molecule has 0 radical (unpaired) electrons. The van der Waals surface area contributed by atoms with Gasteiger partial charge in [-0.1, -0.05) is 32.0 Å². The van der Waals surface area contributed by atoms with Gasteiger partial charge in [-0.15, -0.1) is 0 Å². The summed E-state index contributed by atoms with van der Waals surface area (Å²) in [6.45, 7) is 3.47. The van der Waals surface area contributed by atoms with E-state index in [0.29, 0.717) is 12.8 Å². The number of nitrogens with one attached hydrogen (secondary N) is 2. The molecular weight excluding hydrogens is 321 g/mol. The fraction of sp³-hybridized carbons (Fsp3) is 0.529. The van der Waals surface area contributed by atoms with Crippen molar-refractivity contribution in [1.82, 2.24) is 10.6 Å². The SMILES string of the molecule is CC[C@H](C)C(=O)NCC(=O)N[C@H]1C[C@@H]1c1ccccc1C(F)(F)F. The predicted octanol–water partition coefficient (Wildman–Crippen LogP) is 2.84. The summed E-state index contributed by atoms with van der Waals surface area (Å²) >= 11 is 0. The molecule has 0 aliphatic heterocycles. The molecule has 1 aliphatic rings. The average molecular weight is 342 g/mol. The first-order chi connectivity index (χ1) is 11.2. The minimum Gasteiger partial charge on any atom is -0.351 e. The van der Waals surface area contributed by atoms with Crippen LogP contribution in [0.5, 0.6) is 0 Å². The summed E-state index contributed by atoms with van der Waals surface area (Å²) in [7, 11) is 0. The van der Waals surface area contributed by atoms with Crippen molar-refractivity contribution in [1.29, 1.82) is 0 Å². The molecule has 7 heteroatoms. The quantitative estimate of drug-likeness (QED) is 0.835. The van der Waals surface area contributed by atoms with Crippen LogP contribution in [-0.2, 0) is 15.8 Å². The summed E-state index contributed by atoms with van der Waals surface area (Å²) in [4.78, 5) is 23.4. The number of amides is 2. The van der Waals surface area contributed by atoms with Crippen LogP contribution >= 0.6 is 0 Å². The Morgan fingerprint density at radius 1 is 1.29 bits per heavy atom. The maximum Gasteiger partial charge on any atom is 0.416 e. The number of rotatable bonds is 6. The Balaban J connectivity index is 1.88. The largest absolute Gasteiger partial charge is 0.416 e. The van der Waals surface area contributed by atoms with Gasteiger partial charge in [0.25, 0.3) is 0 Å². The Morgan fingerprint density at radius 2 is 1.96 bits per heavy atom. The molecule has 24 heavy (non-hydrogen) atoms. The van der Waals surface area contributed by atoms with Crippen LogP contribution in [0.3, 0.4) is 0 Å². The molecule has 1 aliphatic carbocycles. The van der Waals surface area contributed by atoms with Gasteiger partial charge >= 0.3 is 6.18 Å². The lowest BCUT2D eigenvalue weighted by molar-refractivity contribution is -0.138. The second kappa shape index (κ2) is 7.23. The van der Waals surface area contributed by atoms with Crippen LogP contribution in [0.15, 0.2) is 24.3 Å². The molecule has 1 fully saturated rings. The third-order valence-electron chi connectivity index (χ3n) is 4.29.